The normalized spacial score (nSPS) is 20.3. The van der Waals surface area contributed by atoms with Gasteiger partial charge in [0.15, 0.2) is 0 Å². The number of carbonyl (C=O) groups is 1. The molecule has 2 fully saturated rings. The molecule has 0 spiro atoms. The summed E-state index contributed by atoms with van der Waals surface area (Å²) in [5, 5.41) is 0. The Labute approximate surface area is 178 Å². The molecule has 4 rings (SSSR count). The van der Waals surface area contributed by atoms with E-state index >= 15 is 0 Å². The first-order valence-corrected chi connectivity index (χ1v) is 10.7. The topological polar surface area (TPSA) is 36.0 Å². The smallest absolute Gasteiger partial charge is 0.253 e. The third kappa shape index (κ3) is 4.29. The molecule has 0 aromatic heterocycles. The van der Waals surface area contributed by atoms with Gasteiger partial charge in [0.2, 0.25) is 0 Å². The number of anilines is 1. The molecule has 0 radical (unpaired) electrons. The highest BCUT2D eigenvalue weighted by molar-refractivity contribution is 5.94. The van der Waals surface area contributed by atoms with E-state index in [0.29, 0.717) is 11.7 Å². The number of nitrogens with zero attached hydrogens (tertiary/aromatic N) is 3. The van der Waals surface area contributed by atoms with Crippen molar-refractivity contribution in [3.05, 3.63) is 59.4 Å². The van der Waals surface area contributed by atoms with E-state index in [1.54, 1.807) is 13.2 Å². The van der Waals surface area contributed by atoms with E-state index < -0.39 is 0 Å². The largest absolute Gasteiger partial charge is 0.496 e. The van der Waals surface area contributed by atoms with Crippen LogP contribution in [0.15, 0.2) is 42.5 Å². The van der Waals surface area contributed by atoms with E-state index in [1.165, 1.54) is 6.07 Å². The summed E-state index contributed by atoms with van der Waals surface area (Å²) in [6, 6.07) is 13.0. The summed E-state index contributed by atoms with van der Waals surface area (Å²) in [5.74, 6) is 0.737. The van der Waals surface area contributed by atoms with E-state index in [-0.39, 0.29) is 11.7 Å². The number of aryl methyl sites for hydroxylation is 1. The summed E-state index contributed by atoms with van der Waals surface area (Å²) in [7, 11) is 1.64. The van der Waals surface area contributed by atoms with Gasteiger partial charge in [0.25, 0.3) is 5.91 Å². The second-order valence-corrected chi connectivity index (χ2v) is 8.21. The number of hydrogen-bond acceptors (Lipinski definition) is 4. The molecule has 30 heavy (non-hydrogen) atoms. The summed E-state index contributed by atoms with van der Waals surface area (Å²) in [5.41, 5.74) is 2.38. The van der Waals surface area contributed by atoms with Gasteiger partial charge in [-0.3, -0.25) is 9.69 Å². The molecule has 6 heteroatoms. The third-order valence-electron chi connectivity index (χ3n) is 6.35. The molecular formula is C24H30FN3O2. The minimum absolute atomic E-state index is 0.0930. The van der Waals surface area contributed by atoms with Gasteiger partial charge in [-0.2, -0.15) is 0 Å². The number of piperidine rings is 1. The third-order valence-corrected chi connectivity index (χ3v) is 6.35. The van der Waals surface area contributed by atoms with Crippen molar-refractivity contribution in [3.63, 3.8) is 0 Å². The predicted molar refractivity (Wildman–Crippen MR) is 117 cm³/mol. The maximum absolute atomic E-state index is 14.1. The molecule has 0 saturated carbocycles. The first kappa shape index (κ1) is 20.7. The quantitative estimate of drug-likeness (QED) is 0.771. The molecule has 0 bridgehead atoms. The van der Waals surface area contributed by atoms with Gasteiger partial charge in [0.1, 0.15) is 11.6 Å². The second-order valence-electron chi connectivity index (χ2n) is 8.21. The summed E-state index contributed by atoms with van der Waals surface area (Å²) in [4.78, 5) is 19.6. The Morgan fingerprint density at radius 3 is 2.53 bits per heavy atom. The van der Waals surface area contributed by atoms with Crippen molar-refractivity contribution in [1.82, 2.24) is 9.80 Å². The van der Waals surface area contributed by atoms with Crippen LogP contribution in [-0.2, 0) is 0 Å². The van der Waals surface area contributed by atoms with Crippen molar-refractivity contribution in [3.8, 4) is 5.75 Å². The van der Waals surface area contributed by atoms with Crippen LogP contribution in [0.3, 0.4) is 0 Å². The lowest BCUT2D eigenvalue weighted by Crippen LogP contribution is -2.56. The Balaban J connectivity index is 1.37. The van der Waals surface area contributed by atoms with Gasteiger partial charge in [-0.15, -0.1) is 0 Å². The van der Waals surface area contributed by atoms with Crippen LogP contribution < -0.4 is 9.64 Å². The van der Waals surface area contributed by atoms with E-state index in [1.807, 2.05) is 42.2 Å². The minimum Gasteiger partial charge on any atom is -0.496 e. The van der Waals surface area contributed by atoms with Crippen molar-refractivity contribution >= 4 is 11.6 Å². The zero-order valence-electron chi connectivity index (χ0n) is 17.8. The number of methoxy groups -OCH3 is 1. The number of halogens is 1. The van der Waals surface area contributed by atoms with Crippen LogP contribution in [0.25, 0.3) is 0 Å². The van der Waals surface area contributed by atoms with Crippen molar-refractivity contribution in [2.75, 3.05) is 51.3 Å². The maximum atomic E-state index is 14.1. The molecule has 0 aliphatic carbocycles. The molecule has 2 aromatic carbocycles. The van der Waals surface area contributed by atoms with Gasteiger partial charge in [0.05, 0.1) is 12.8 Å². The molecule has 0 N–H and O–H groups in total. The number of piperazine rings is 1. The maximum Gasteiger partial charge on any atom is 0.253 e. The molecule has 0 unspecified atom stereocenters. The summed E-state index contributed by atoms with van der Waals surface area (Å²) in [6.07, 6.45) is 2.12. The second kappa shape index (κ2) is 9.04. The lowest BCUT2D eigenvalue weighted by atomic mass is 10.0. The lowest BCUT2D eigenvalue weighted by molar-refractivity contribution is 0.0563. The molecule has 5 nitrogen and oxygen atoms in total. The molecule has 1 amide bonds. The minimum atomic E-state index is -0.157. The van der Waals surface area contributed by atoms with Gasteiger partial charge in [-0.05, 0) is 55.7 Å². The van der Waals surface area contributed by atoms with Gasteiger partial charge < -0.3 is 14.5 Å². The van der Waals surface area contributed by atoms with E-state index in [0.717, 1.165) is 69.0 Å². The standard InChI is InChI=1S/C24H30FN3O2/c1-18-16-19(9-10-23(18)30-2)24(29)28-11-5-6-20(17-28)26-12-14-27(15-13-26)22-8-4-3-7-21(22)25/h3-4,7-10,16,20H,5-6,11-15,17H2,1-2H3/t20-/m0/s1. The molecule has 2 aromatic rings. The molecule has 2 heterocycles. The van der Waals surface area contributed by atoms with Gasteiger partial charge in [-0.25, -0.2) is 4.39 Å². The zero-order chi connectivity index (χ0) is 21.1. The highest BCUT2D eigenvalue weighted by Gasteiger charge is 2.31. The van der Waals surface area contributed by atoms with Crippen LogP contribution in [0, 0.1) is 12.7 Å². The van der Waals surface area contributed by atoms with Crippen LogP contribution in [0.1, 0.15) is 28.8 Å². The van der Waals surface area contributed by atoms with Crippen LogP contribution in [0.5, 0.6) is 5.75 Å². The Hall–Kier alpha value is -2.60. The first-order valence-electron chi connectivity index (χ1n) is 10.7. The van der Waals surface area contributed by atoms with Crippen LogP contribution >= 0.6 is 0 Å². The van der Waals surface area contributed by atoms with E-state index in [2.05, 4.69) is 9.80 Å². The molecule has 160 valence electrons. The van der Waals surface area contributed by atoms with Gasteiger partial charge in [-0.1, -0.05) is 12.1 Å². The average Bonchev–Trinajstić information content (AvgIpc) is 2.79. The number of amides is 1. The Morgan fingerprint density at radius 1 is 1.07 bits per heavy atom. The molecule has 2 aliphatic heterocycles. The van der Waals surface area contributed by atoms with Crippen molar-refractivity contribution in [2.24, 2.45) is 0 Å². The van der Waals surface area contributed by atoms with Gasteiger partial charge in [0, 0.05) is 50.9 Å². The summed E-state index contributed by atoms with van der Waals surface area (Å²) >= 11 is 0. The van der Waals surface area contributed by atoms with Crippen LogP contribution in [-0.4, -0.2) is 68.1 Å². The fraction of sp³-hybridized carbons (Fsp3) is 0.458. The highest BCUT2D eigenvalue weighted by atomic mass is 19.1. The first-order chi connectivity index (χ1) is 14.6. The summed E-state index contributed by atoms with van der Waals surface area (Å²) in [6.45, 7) is 6.92. The van der Waals surface area contributed by atoms with Crippen molar-refractivity contribution in [1.29, 1.82) is 0 Å². The summed E-state index contributed by atoms with van der Waals surface area (Å²) < 4.78 is 19.4. The molecule has 1 atom stereocenters. The van der Waals surface area contributed by atoms with Crippen molar-refractivity contribution < 1.29 is 13.9 Å². The predicted octanol–water partition coefficient (Wildman–Crippen LogP) is 3.57. The SMILES string of the molecule is COc1ccc(C(=O)N2CCC[C@H](N3CCN(c4ccccc4F)CC3)C2)cc1C. The Morgan fingerprint density at radius 2 is 1.83 bits per heavy atom. The fourth-order valence-corrected chi connectivity index (χ4v) is 4.67. The number of hydrogen-bond donors (Lipinski definition) is 0. The van der Waals surface area contributed by atoms with Crippen LogP contribution in [0.4, 0.5) is 10.1 Å². The van der Waals surface area contributed by atoms with Crippen LogP contribution in [0.2, 0.25) is 0 Å². The number of rotatable bonds is 4. The molecular weight excluding hydrogens is 381 g/mol. The Bertz CT molecular complexity index is 896. The number of likely N-dealkylation sites (tertiary alicyclic amines) is 1. The van der Waals surface area contributed by atoms with E-state index in [4.69, 9.17) is 4.74 Å². The van der Waals surface area contributed by atoms with Gasteiger partial charge >= 0.3 is 0 Å². The molecule has 2 saturated heterocycles. The van der Waals surface area contributed by atoms with Crippen molar-refractivity contribution in [2.45, 2.75) is 25.8 Å². The lowest BCUT2D eigenvalue weighted by Gasteiger charge is -2.44. The molecule has 2 aliphatic rings. The fourth-order valence-electron chi connectivity index (χ4n) is 4.67. The zero-order valence-corrected chi connectivity index (χ0v) is 17.8. The average molecular weight is 412 g/mol. The number of para-hydroxylation sites is 1. The van der Waals surface area contributed by atoms with E-state index in [9.17, 15) is 9.18 Å². The monoisotopic (exact) mass is 411 g/mol. The highest BCUT2D eigenvalue weighted by Crippen LogP contribution is 2.25. The number of ether oxygens (including phenoxy) is 1. The Kier molecular flexibility index (Phi) is 6.23. The number of carbonyl (C=O) groups excluding carboxylic acids is 1. The number of benzene rings is 2.